The molecule has 0 aromatic heterocycles. The summed E-state index contributed by atoms with van der Waals surface area (Å²) < 4.78 is 11.8. The van der Waals surface area contributed by atoms with Gasteiger partial charge in [-0.15, -0.1) is 0 Å². The highest BCUT2D eigenvalue weighted by atomic mass is 79.9. The first kappa shape index (κ1) is 15.1. The molecule has 4 nitrogen and oxygen atoms in total. The minimum Gasteiger partial charge on any atom is -0.493 e. The third-order valence-electron chi connectivity index (χ3n) is 4.83. The lowest BCUT2D eigenvalue weighted by Crippen LogP contribution is -2.46. The minimum absolute atomic E-state index is 0.382. The van der Waals surface area contributed by atoms with Crippen LogP contribution >= 0.6 is 15.9 Å². The van der Waals surface area contributed by atoms with Crippen LogP contribution in [0.4, 0.5) is 0 Å². The van der Waals surface area contributed by atoms with E-state index in [2.05, 4.69) is 26.9 Å². The van der Waals surface area contributed by atoms with Crippen molar-refractivity contribution in [1.82, 2.24) is 4.90 Å². The summed E-state index contributed by atoms with van der Waals surface area (Å²) in [5.41, 5.74) is 7.40. The highest BCUT2D eigenvalue weighted by molar-refractivity contribution is 9.10. The quantitative estimate of drug-likeness (QED) is 0.902. The van der Waals surface area contributed by atoms with Crippen molar-refractivity contribution in [3.63, 3.8) is 0 Å². The summed E-state index contributed by atoms with van der Waals surface area (Å²) in [6.07, 6.45) is 4.81. The summed E-state index contributed by atoms with van der Waals surface area (Å²) in [7, 11) is 3.34. The number of piperidine rings is 1. The zero-order valence-electron chi connectivity index (χ0n) is 12.6. The lowest BCUT2D eigenvalue weighted by Gasteiger charge is -2.38. The van der Waals surface area contributed by atoms with E-state index in [1.54, 1.807) is 14.2 Å². The number of nitrogens with two attached hydrogens (primary N) is 1. The molecule has 2 heterocycles. The van der Waals surface area contributed by atoms with Crippen LogP contribution in [0.5, 0.6) is 11.5 Å². The molecule has 0 aliphatic carbocycles. The molecule has 2 saturated heterocycles. The van der Waals surface area contributed by atoms with Gasteiger partial charge in [0.2, 0.25) is 0 Å². The van der Waals surface area contributed by atoms with Crippen LogP contribution in [-0.4, -0.2) is 37.2 Å². The maximum absolute atomic E-state index is 6.15. The number of benzene rings is 1. The Morgan fingerprint density at radius 1 is 1.14 bits per heavy atom. The fourth-order valence-corrected chi connectivity index (χ4v) is 4.24. The number of rotatable bonds is 4. The smallest absolute Gasteiger partial charge is 0.161 e. The van der Waals surface area contributed by atoms with Crippen LogP contribution in [0, 0.1) is 0 Å². The molecule has 116 valence electrons. The molecule has 1 aromatic carbocycles. The molecule has 2 unspecified atom stereocenters. The first-order chi connectivity index (χ1) is 10.1. The van der Waals surface area contributed by atoms with E-state index in [0.29, 0.717) is 18.1 Å². The highest BCUT2D eigenvalue weighted by Crippen LogP contribution is 2.39. The molecule has 0 radical (unpaired) electrons. The van der Waals surface area contributed by atoms with Crippen molar-refractivity contribution in [1.29, 1.82) is 0 Å². The van der Waals surface area contributed by atoms with Crippen molar-refractivity contribution in [2.75, 3.05) is 14.2 Å². The number of fused-ring (bicyclic) bond motifs is 2. The number of nitrogens with zero attached hydrogens (tertiary/aromatic N) is 1. The first-order valence-corrected chi connectivity index (χ1v) is 8.33. The van der Waals surface area contributed by atoms with Gasteiger partial charge >= 0.3 is 0 Å². The second-order valence-corrected chi connectivity index (χ2v) is 6.94. The lowest BCUT2D eigenvalue weighted by molar-refractivity contribution is 0.119. The maximum atomic E-state index is 6.15. The summed E-state index contributed by atoms with van der Waals surface area (Å²) in [5, 5.41) is 0. The molecule has 5 heteroatoms. The standard InChI is InChI=1S/C16H23BrN2O2/c1-20-15-5-10(14(17)8-16(15)21-2)9-19-12-3-4-13(19)7-11(18)6-12/h5,8,11-13H,3-4,6-7,9,18H2,1-2H3. The van der Waals surface area contributed by atoms with Crippen molar-refractivity contribution in [3.8, 4) is 11.5 Å². The zero-order chi connectivity index (χ0) is 15.0. The lowest BCUT2D eigenvalue weighted by atomic mass is 9.97. The average Bonchev–Trinajstić information content (AvgIpc) is 2.70. The van der Waals surface area contributed by atoms with Gasteiger partial charge in [-0.1, -0.05) is 15.9 Å². The molecule has 2 bridgehead atoms. The maximum Gasteiger partial charge on any atom is 0.161 e. The molecular weight excluding hydrogens is 332 g/mol. The van der Waals surface area contributed by atoms with Gasteiger partial charge < -0.3 is 15.2 Å². The second-order valence-electron chi connectivity index (χ2n) is 6.09. The Morgan fingerprint density at radius 2 is 1.71 bits per heavy atom. The van der Waals surface area contributed by atoms with Crippen molar-refractivity contribution in [2.24, 2.45) is 5.73 Å². The summed E-state index contributed by atoms with van der Waals surface area (Å²) in [5.74, 6) is 1.55. The van der Waals surface area contributed by atoms with E-state index >= 15 is 0 Å². The van der Waals surface area contributed by atoms with Gasteiger partial charge in [0.1, 0.15) is 0 Å². The van der Waals surface area contributed by atoms with Gasteiger partial charge in [-0.05, 0) is 43.4 Å². The predicted molar refractivity (Wildman–Crippen MR) is 86.8 cm³/mol. The molecular formula is C16H23BrN2O2. The Balaban J connectivity index is 1.82. The van der Waals surface area contributed by atoms with Crippen molar-refractivity contribution in [3.05, 3.63) is 22.2 Å². The van der Waals surface area contributed by atoms with E-state index in [4.69, 9.17) is 15.2 Å². The SMILES string of the molecule is COc1cc(Br)c(CN2C3CCC2CC(N)C3)cc1OC. The van der Waals surface area contributed by atoms with Gasteiger partial charge in [-0.25, -0.2) is 0 Å². The van der Waals surface area contributed by atoms with Crippen LogP contribution in [0.3, 0.4) is 0 Å². The minimum atomic E-state index is 0.382. The average molecular weight is 355 g/mol. The van der Waals surface area contributed by atoms with Crippen molar-refractivity contribution >= 4 is 15.9 Å². The first-order valence-electron chi connectivity index (χ1n) is 7.54. The van der Waals surface area contributed by atoms with Crippen LogP contribution in [0.1, 0.15) is 31.2 Å². The Kier molecular flexibility index (Phi) is 4.43. The van der Waals surface area contributed by atoms with Crippen LogP contribution in [-0.2, 0) is 6.54 Å². The number of ether oxygens (including phenoxy) is 2. The predicted octanol–water partition coefficient (Wildman–Crippen LogP) is 2.92. The van der Waals surface area contributed by atoms with Gasteiger partial charge in [0.15, 0.2) is 11.5 Å². The number of hydrogen-bond acceptors (Lipinski definition) is 4. The van der Waals surface area contributed by atoms with Crippen molar-refractivity contribution < 1.29 is 9.47 Å². The highest BCUT2D eigenvalue weighted by Gasteiger charge is 2.39. The van der Waals surface area contributed by atoms with E-state index < -0.39 is 0 Å². The fraction of sp³-hybridized carbons (Fsp3) is 0.625. The molecule has 2 aliphatic heterocycles. The van der Waals surface area contributed by atoms with E-state index in [9.17, 15) is 0 Å². The van der Waals surface area contributed by atoms with Gasteiger partial charge in [-0.2, -0.15) is 0 Å². The molecule has 2 fully saturated rings. The van der Waals surface area contributed by atoms with Crippen LogP contribution in [0.2, 0.25) is 0 Å². The summed E-state index contributed by atoms with van der Waals surface area (Å²) in [4.78, 5) is 2.62. The molecule has 2 atom stereocenters. The van der Waals surface area contributed by atoms with Gasteiger partial charge in [0.05, 0.1) is 14.2 Å². The van der Waals surface area contributed by atoms with Gasteiger partial charge in [-0.3, -0.25) is 4.90 Å². The topological polar surface area (TPSA) is 47.7 Å². The number of hydrogen-bond donors (Lipinski definition) is 1. The van der Waals surface area contributed by atoms with Gasteiger partial charge in [0, 0.05) is 29.1 Å². The van der Waals surface area contributed by atoms with E-state index in [1.165, 1.54) is 18.4 Å². The molecule has 2 aliphatic rings. The number of methoxy groups -OCH3 is 2. The van der Waals surface area contributed by atoms with E-state index in [1.807, 2.05) is 6.07 Å². The Morgan fingerprint density at radius 3 is 2.29 bits per heavy atom. The largest absolute Gasteiger partial charge is 0.493 e. The molecule has 0 saturated carbocycles. The summed E-state index contributed by atoms with van der Waals surface area (Å²) >= 11 is 3.66. The summed E-state index contributed by atoms with van der Waals surface area (Å²) in [6, 6.07) is 5.73. The van der Waals surface area contributed by atoms with Crippen LogP contribution in [0.25, 0.3) is 0 Å². The Labute approximate surface area is 134 Å². The van der Waals surface area contributed by atoms with E-state index in [0.717, 1.165) is 35.4 Å². The molecule has 1 aromatic rings. The van der Waals surface area contributed by atoms with Crippen LogP contribution < -0.4 is 15.2 Å². The molecule has 3 rings (SSSR count). The fourth-order valence-electron chi connectivity index (χ4n) is 3.79. The molecule has 0 spiro atoms. The number of halogens is 1. The monoisotopic (exact) mass is 354 g/mol. The Bertz CT molecular complexity index is 509. The summed E-state index contributed by atoms with van der Waals surface area (Å²) in [6.45, 7) is 0.947. The normalized spacial score (nSPS) is 28.7. The zero-order valence-corrected chi connectivity index (χ0v) is 14.2. The second kappa shape index (κ2) is 6.15. The van der Waals surface area contributed by atoms with Crippen LogP contribution in [0.15, 0.2) is 16.6 Å². The Hall–Kier alpha value is -0.780. The van der Waals surface area contributed by atoms with Crippen molar-refractivity contribution in [2.45, 2.75) is 50.4 Å². The third kappa shape index (κ3) is 2.91. The third-order valence-corrected chi connectivity index (χ3v) is 5.56. The molecule has 21 heavy (non-hydrogen) atoms. The molecule has 0 amide bonds. The molecule has 2 N–H and O–H groups in total. The van der Waals surface area contributed by atoms with Gasteiger partial charge in [0.25, 0.3) is 0 Å². The van der Waals surface area contributed by atoms with E-state index in [-0.39, 0.29) is 0 Å².